The van der Waals surface area contributed by atoms with E-state index in [0.29, 0.717) is 31.4 Å². The fourth-order valence-corrected chi connectivity index (χ4v) is 1.43. The van der Waals surface area contributed by atoms with Crippen LogP contribution < -0.4 is 10.1 Å². The highest BCUT2D eigenvalue weighted by atomic mass is 35.5. The summed E-state index contributed by atoms with van der Waals surface area (Å²) in [6.45, 7) is 1.20. The standard InChI is InChI=1S/C12H16ClNO4/c1-17-9-2-3-10(11(15)8-9)12(16)14-5-7-18-6-4-13/h2-3,8,15H,4-7H2,1H3,(H,14,16). The third-order valence-electron chi connectivity index (χ3n) is 2.20. The lowest BCUT2D eigenvalue weighted by atomic mass is 10.2. The Bertz CT molecular complexity index is 398. The number of methoxy groups -OCH3 is 1. The number of halogens is 1. The van der Waals surface area contributed by atoms with Crippen LogP contribution in [-0.4, -0.2) is 43.8 Å². The van der Waals surface area contributed by atoms with Crippen LogP contribution in [0.3, 0.4) is 0 Å². The number of nitrogens with one attached hydrogen (secondary N) is 1. The molecule has 2 N–H and O–H groups in total. The fourth-order valence-electron chi connectivity index (χ4n) is 1.32. The van der Waals surface area contributed by atoms with E-state index in [2.05, 4.69) is 5.32 Å². The lowest BCUT2D eigenvalue weighted by molar-refractivity contribution is 0.0921. The first-order valence-corrected chi connectivity index (χ1v) is 6.01. The molecule has 100 valence electrons. The number of benzene rings is 1. The number of hydrogen-bond donors (Lipinski definition) is 2. The first-order chi connectivity index (χ1) is 8.69. The highest BCUT2D eigenvalue weighted by molar-refractivity contribution is 6.17. The summed E-state index contributed by atoms with van der Waals surface area (Å²) in [4.78, 5) is 11.7. The minimum absolute atomic E-state index is 0.117. The highest BCUT2D eigenvalue weighted by Crippen LogP contribution is 2.22. The van der Waals surface area contributed by atoms with Gasteiger partial charge in [0.25, 0.3) is 5.91 Å². The molecule has 0 heterocycles. The summed E-state index contributed by atoms with van der Waals surface area (Å²) in [6.07, 6.45) is 0. The monoisotopic (exact) mass is 273 g/mol. The largest absolute Gasteiger partial charge is 0.507 e. The normalized spacial score (nSPS) is 10.1. The lowest BCUT2D eigenvalue weighted by Gasteiger charge is -2.08. The van der Waals surface area contributed by atoms with E-state index in [9.17, 15) is 9.90 Å². The van der Waals surface area contributed by atoms with Gasteiger partial charge in [-0.2, -0.15) is 0 Å². The van der Waals surface area contributed by atoms with Crippen LogP contribution in [0.1, 0.15) is 10.4 Å². The molecule has 0 unspecified atom stereocenters. The summed E-state index contributed by atoms with van der Waals surface area (Å²) < 4.78 is 10.0. The second-order valence-electron chi connectivity index (χ2n) is 3.44. The number of carbonyl (C=O) groups excluding carboxylic acids is 1. The van der Waals surface area contributed by atoms with Crippen molar-refractivity contribution in [1.82, 2.24) is 5.32 Å². The van der Waals surface area contributed by atoms with Crippen molar-refractivity contribution >= 4 is 17.5 Å². The zero-order valence-corrected chi connectivity index (χ0v) is 10.9. The summed E-state index contributed by atoms with van der Waals surface area (Å²) in [5.41, 5.74) is 0.202. The molecule has 0 bridgehead atoms. The Hall–Kier alpha value is -1.46. The maximum absolute atomic E-state index is 11.7. The van der Waals surface area contributed by atoms with Gasteiger partial charge in [-0.25, -0.2) is 0 Å². The topological polar surface area (TPSA) is 67.8 Å². The number of amides is 1. The van der Waals surface area contributed by atoms with Gasteiger partial charge in [0.2, 0.25) is 0 Å². The summed E-state index contributed by atoms with van der Waals surface area (Å²) >= 11 is 5.43. The Labute approximate surface area is 111 Å². The van der Waals surface area contributed by atoms with Crippen molar-refractivity contribution in [3.05, 3.63) is 23.8 Å². The van der Waals surface area contributed by atoms with E-state index in [1.165, 1.54) is 19.2 Å². The smallest absolute Gasteiger partial charge is 0.255 e. The highest BCUT2D eigenvalue weighted by Gasteiger charge is 2.11. The minimum atomic E-state index is -0.357. The van der Waals surface area contributed by atoms with Crippen molar-refractivity contribution in [2.45, 2.75) is 0 Å². The molecule has 0 fully saturated rings. The van der Waals surface area contributed by atoms with Gasteiger partial charge in [0.15, 0.2) is 0 Å². The minimum Gasteiger partial charge on any atom is -0.507 e. The second-order valence-corrected chi connectivity index (χ2v) is 3.82. The molecule has 0 aliphatic heterocycles. The summed E-state index contributed by atoms with van der Waals surface area (Å²) in [7, 11) is 1.49. The average Bonchev–Trinajstić information content (AvgIpc) is 2.38. The SMILES string of the molecule is COc1ccc(C(=O)NCCOCCCl)c(O)c1. The van der Waals surface area contributed by atoms with Crippen LogP contribution in [0.2, 0.25) is 0 Å². The van der Waals surface area contributed by atoms with Gasteiger partial charge in [-0.1, -0.05) is 0 Å². The van der Waals surface area contributed by atoms with Crippen LogP contribution in [0.15, 0.2) is 18.2 Å². The Morgan fingerprint density at radius 2 is 2.22 bits per heavy atom. The van der Waals surface area contributed by atoms with Crippen molar-refractivity contribution < 1.29 is 19.4 Å². The molecule has 6 heteroatoms. The zero-order valence-electron chi connectivity index (χ0n) is 10.1. The van der Waals surface area contributed by atoms with Gasteiger partial charge in [-0.15, -0.1) is 11.6 Å². The van der Waals surface area contributed by atoms with Crippen molar-refractivity contribution in [2.75, 3.05) is 32.7 Å². The molecule has 0 aliphatic carbocycles. The first kappa shape index (κ1) is 14.6. The van der Waals surface area contributed by atoms with Crippen LogP contribution in [0.25, 0.3) is 0 Å². The lowest BCUT2D eigenvalue weighted by Crippen LogP contribution is -2.27. The number of carbonyl (C=O) groups is 1. The van der Waals surface area contributed by atoms with Crippen LogP contribution in [0.4, 0.5) is 0 Å². The molecular weight excluding hydrogens is 258 g/mol. The number of hydrogen-bond acceptors (Lipinski definition) is 4. The molecule has 0 saturated heterocycles. The zero-order chi connectivity index (χ0) is 13.4. The Balaban J connectivity index is 2.46. The van der Waals surface area contributed by atoms with E-state index in [0.717, 1.165) is 0 Å². The summed E-state index contributed by atoms with van der Waals surface area (Å²) in [6, 6.07) is 4.50. The molecule has 0 atom stereocenters. The van der Waals surface area contributed by atoms with E-state index in [-0.39, 0.29) is 17.2 Å². The van der Waals surface area contributed by atoms with Crippen LogP contribution in [-0.2, 0) is 4.74 Å². The predicted octanol–water partition coefficient (Wildman–Crippen LogP) is 1.39. The van der Waals surface area contributed by atoms with Crippen LogP contribution in [0.5, 0.6) is 11.5 Å². The van der Waals surface area contributed by atoms with E-state index >= 15 is 0 Å². The number of rotatable bonds is 7. The number of ether oxygens (including phenoxy) is 2. The van der Waals surface area contributed by atoms with Crippen LogP contribution >= 0.6 is 11.6 Å². The molecule has 1 aromatic carbocycles. The number of phenolic OH excluding ortho intramolecular Hbond substituents is 1. The van der Waals surface area contributed by atoms with Crippen molar-refractivity contribution in [3.8, 4) is 11.5 Å². The molecule has 0 aliphatic rings. The van der Waals surface area contributed by atoms with Gasteiger partial charge in [0.05, 0.1) is 25.9 Å². The molecule has 0 spiro atoms. The molecular formula is C12H16ClNO4. The van der Waals surface area contributed by atoms with Gasteiger partial charge < -0.3 is 19.9 Å². The second kappa shape index (κ2) is 7.79. The molecule has 18 heavy (non-hydrogen) atoms. The first-order valence-electron chi connectivity index (χ1n) is 5.48. The predicted molar refractivity (Wildman–Crippen MR) is 68.5 cm³/mol. The average molecular weight is 274 g/mol. The fraction of sp³-hybridized carbons (Fsp3) is 0.417. The Morgan fingerprint density at radius 1 is 1.44 bits per heavy atom. The van der Waals surface area contributed by atoms with E-state index < -0.39 is 0 Å². The van der Waals surface area contributed by atoms with Gasteiger partial charge in [0, 0.05) is 18.5 Å². The maximum atomic E-state index is 11.7. The Kier molecular flexibility index (Phi) is 6.32. The molecule has 0 saturated carbocycles. The van der Waals surface area contributed by atoms with E-state index in [1.54, 1.807) is 6.07 Å². The number of aromatic hydroxyl groups is 1. The third kappa shape index (κ3) is 4.43. The number of phenols is 1. The van der Waals surface area contributed by atoms with Gasteiger partial charge in [-0.3, -0.25) is 4.79 Å². The molecule has 0 radical (unpaired) electrons. The third-order valence-corrected chi connectivity index (χ3v) is 2.36. The summed E-state index contributed by atoms with van der Waals surface area (Å²) in [5, 5.41) is 12.3. The number of alkyl halides is 1. The maximum Gasteiger partial charge on any atom is 0.255 e. The quantitative estimate of drug-likeness (QED) is 0.582. The molecule has 1 aromatic rings. The Morgan fingerprint density at radius 3 is 2.83 bits per heavy atom. The van der Waals surface area contributed by atoms with Gasteiger partial charge >= 0.3 is 0 Å². The molecule has 5 nitrogen and oxygen atoms in total. The van der Waals surface area contributed by atoms with Crippen LogP contribution in [0, 0.1) is 0 Å². The molecule has 1 amide bonds. The van der Waals surface area contributed by atoms with E-state index in [4.69, 9.17) is 21.1 Å². The molecule has 1 rings (SSSR count). The van der Waals surface area contributed by atoms with Gasteiger partial charge in [-0.05, 0) is 12.1 Å². The van der Waals surface area contributed by atoms with Gasteiger partial charge in [0.1, 0.15) is 11.5 Å². The van der Waals surface area contributed by atoms with Crippen molar-refractivity contribution in [1.29, 1.82) is 0 Å². The van der Waals surface area contributed by atoms with Crippen molar-refractivity contribution in [3.63, 3.8) is 0 Å². The summed E-state index contributed by atoms with van der Waals surface area (Å²) in [5.74, 6) is 0.445. The molecule has 0 aromatic heterocycles. The van der Waals surface area contributed by atoms with Crippen molar-refractivity contribution in [2.24, 2.45) is 0 Å². The van der Waals surface area contributed by atoms with E-state index in [1.807, 2.05) is 0 Å².